The van der Waals surface area contributed by atoms with Gasteiger partial charge in [0, 0.05) is 30.9 Å². The Bertz CT molecular complexity index is 1240. The van der Waals surface area contributed by atoms with E-state index in [4.69, 9.17) is 5.11 Å². The van der Waals surface area contributed by atoms with Gasteiger partial charge in [0.15, 0.2) is 11.5 Å². The number of urea groups is 1. The molecule has 0 aliphatic rings. The van der Waals surface area contributed by atoms with Gasteiger partial charge in [0.2, 0.25) is 0 Å². The third-order valence-electron chi connectivity index (χ3n) is 4.77. The predicted octanol–water partition coefficient (Wildman–Crippen LogP) is 2.21. The molecule has 10 heteroatoms. The number of amides is 2. The van der Waals surface area contributed by atoms with Crippen molar-refractivity contribution in [3.63, 3.8) is 0 Å². The molecule has 0 radical (unpaired) electrons. The van der Waals surface area contributed by atoms with Crippen LogP contribution < -0.4 is 16.0 Å². The maximum atomic E-state index is 14.0. The molecule has 1 unspecified atom stereocenters. The van der Waals surface area contributed by atoms with Gasteiger partial charge in [0.1, 0.15) is 5.82 Å². The van der Waals surface area contributed by atoms with Crippen molar-refractivity contribution in [2.75, 3.05) is 30.8 Å². The first-order valence-corrected chi connectivity index (χ1v) is 9.59. The number of imidazole rings is 1. The van der Waals surface area contributed by atoms with Gasteiger partial charge in [-0.1, -0.05) is 12.1 Å². The number of fused-ring (bicyclic) bond motifs is 3. The van der Waals surface area contributed by atoms with Crippen LogP contribution in [0.25, 0.3) is 27.9 Å². The lowest BCUT2D eigenvalue weighted by Gasteiger charge is -2.13. The monoisotopic (exact) mass is 424 g/mol. The highest BCUT2D eigenvalue weighted by Gasteiger charge is 2.16. The van der Waals surface area contributed by atoms with E-state index >= 15 is 0 Å². The van der Waals surface area contributed by atoms with Gasteiger partial charge in [-0.05, 0) is 24.3 Å². The number of nitrogens with one attached hydrogen (secondary N) is 3. The van der Waals surface area contributed by atoms with Gasteiger partial charge in [-0.3, -0.25) is 4.40 Å². The first kappa shape index (κ1) is 20.5. The van der Waals surface area contributed by atoms with E-state index in [0.29, 0.717) is 33.9 Å². The van der Waals surface area contributed by atoms with Gasteiger partial charge < -0.3 is 26.2 Å². The Labute approximate surface area is 176 Å². The van der Waals surface area contributed by atoms with Crippen LogP contribution in [0.4, 0.5) is 20.7 Å². The van der Waals surface area contributed by atoms with E-state index < -0.39 is 18.5 Å². The Morgan fingerprint density at radius 3 is 2.71 bits per heavy atom. The van der Waals surface area contributed by atoms with Crippen LogP contribution in [0.1, 0.15) is 0 Å². The Balaban J connectivity index is 1.82. The van der Waals surface area contributed by atoms with Gasteiger partial charge in [0.25, 0.3) is 0 Å². The Kier molecular flexibility index (Phi) is 5.65. The number of carbonyl (C=O) groups excluding carboxylic acids is 1. The smallest absolute Gasteiger partial charge is 0.318 e. The van der Waals surface area contributed by atoms with E-state index in [-0.39, 0.29) is 12.6 Å². The minimum absolute atomic E-state index is 0.0773. The van der Waals surface area contributed by atoms with Crippen LogP contribution >= 0.6 is 0 Å². The van der Waals surface area contributed by atoms with Gasteiger partial charge in [-0.2, -0.15) is 0 Å². The molecule has 4 aromatic rings. The van der Waals surface area contributed by atoms with Crippen molar-refractivity contribution in [1.29, 1.82) is 0 Å². The molecule has 5 N–H and O–H groups in total. The summed E-state index contributed by atoms with van der Waals surface area (Å²) < 4.78 is 15.8. The highest BCUT2D eigenvalue weighted by Crippen LogP contribution is 2.29. The predicted molar refractivity (Wildman–Crippen MR) is 116 cm³/mol. The summed E-state index contributed by atoms with van der Waals surface area (Å²) in [5.41, 5.74) is 3.63. The van der Waals surface area contributed by atoms with Crippen molar-refractivity contribution in [2.24, 2.45) is 0 Å². The molecule has 2 aromatic heterocycles. The molecule has 0 bridgehead atoms. The quantitative estimate of drug-likeness (QED) is 0.323. The molecular weight excluding hydrogens is 403 g/mol. The average Bonchev–Trinajstić information content (AvgIpc) is 3.23. The van der Waals surface area contributed by atoms with E-state index in [0.717, 1.165) is 5.56 Å². The summed E-state index contributed by atoms with van der Waals surface area (Å²) in [6, 6.07) is 11.1. The van der Waals surface area contributed by atoms with Crippen molar-refractivity contribution in [2.45, 2.75) is 6.10 Å². The molecule has 9 nitrogen and oxygen atoms in total. The summed E-state index contributed by atoms with van der Waals surface area (Å²) in [5, 5.41) is 26.9. The van der Waals surface area contributed by atoms with Crippen molar-refractivity contribution in [3.8, 4) is 11.3 Å². The standard InChI is InChI=1S/C21H21FN6O3/c1-23-21(31)26-14-5-2-12(3-6-14)18-10-25-20-19(24-9-15(30)11-29)27-16-7-4-13(22)8-17(16)28(18)20/h2-8,10,15,29-30H,9,11H2,1H3,(H,24,27)(H2,23,26,31). The highest BCUT2D eigenvalue weighted by atomic mass is 19.1. The van der Waals surface area contributed by atoms with Crippen molar-refractivity contribution >= 4 is 34.2 Å². The maximum Gasteiger partial charge on any atom is 0.318 e. The number of hydrogen-bond acceptors (Lipinski definition) is 6. The van der Waals surface area contributed by atoms with Crippen molar-refractivity contribution < 1.29 is 19.4 Å². The number of aliphatic hydroxyl groups excluding tert-OH is 2. The molecule has 0 fully saturated rings. The average molecular weight is 424 g/mol. The van der Waals surface area contributed by atoms with Crippen LogP contribution in [0.3, 0.4) is 0 Å². The largest absolute Gasteiger partial charge is 0.394 e. The molecule has 0 spiro atoms. The van der Waals surface area contributed by atoms with E-state index in [2.05, 4.69) is 25.9 Å². The number of hydrogen-bond donors (Lipinski definition) is 5. The summed E-state index contributed by atoms with van der Waals surface area (Å²) in [6.07, 6.45) is 0.691. The van der Waals surface area contributed by atoms with Gasteiger partial charge in [0.05, 0.1) is 35.6 Å². The van der Waals surface area contributed by atoms with E-state index in [1.807, 2.05) is 12.1 Å². The summed E-state index contributed by atoms with van der Waals surface area (Å²) in [6.45, 7) is -0.313. The minimum Gasteiger partial charge on any atom is -0.394 e. The van der Waals surface area contributed by atoms with Crippen LogP contribution in [0.2, 0.25) is 0 Å². The van der Waals surface area contributed by atoms with Crippen LogP contribution in [-0.4, -0.2) is 56.9 Å². The Morgan fingerprint density at radius 2 is 2.00 bits per heavy atom. The zero-order valence-electron chi connectivity index (χ0n) is 16.6. The molecule has 2 heterocycles. The molecule has 0 aliphatic carbocycles. The Morgan fingerprint density at radius 1 is 1.23 bits per heavy atom. The lowest BCUT2D eigenvalue weighted by molar-refractivity contribution is 0.105. The molecular formula is C21H21FN6O3. The number of aliphatic hydroxyl groups is 2. The number of rotatable bonds is 6. The number of anilines is 2. The van der Waals surface area contributed by atoms with Gasteiger partial charge in [-0.25, -0.2) is 19.2 Å². The molecule has 0 saturated heterocycles. The third-order valence-corrected chi connectivity index (χ3v) is 4.77. The van der Waals surface area contributed by atoms with E-state index in [1.54, 1.807) is 28.8 Å². The molecule has 4 rings (SSSR count). The van der Waals surface area contributed by atoms with Crippen LogP contribution in [0.15, 0.2) is 48.7 Å². The zero-order valence-corrected chi connectivity index (χ0v) is 16.6. The summed E-state index contributed by atoms with van der Waals surface area (Å²) >= 11 is 0. The molecule has 1 atom stereocenters. The van der Waals surface area contributed by atoms with Crippen LogP contribution in [0, 0.1) is 5.82 Å². The maximum absolute atomic E-state index is 14.0. The fourth-order valence-corrected chi connectivity index (χ4v) is 3.22. The number of carbonyl (C=O) groups is 1. The summed E-state index contributed by atoms with van der Waals surface area (Å²) in [4.78, 5) is 20.5. The third kappa shape index (κ3) is 4.11. The fourth-order valence-electron chi connectivity index (χ4n) is 3.22. The van der Waals surface area contributed by atoms with Crippen LogP contribution in [-0.2, 0) is 0 Å². The molecule has 0 saturated carbocycles. The van der Waals surface area contributed by atoms with E-state index in [9.17, 15) is 14.3 Å². The molecule has 2 aromatic carbocycles. The Hall–Kier alpha value is -3.76. The normalized spacial score (nSPS) is 12.1. The van der Waals surface area contributed by atoms with Gasteiger partial charge >= 0.3 is 6.03 Å². The molecule has 160 valence electrons. The second-order valence-corrected chi connectivity index (χ2v) is 6.89. The van der Waals surface area contributed by atoms with Crippen molar-refractivity contribution in [3.05, 3.63) is 54.5 Å². The van der Waals surface area contributed by atoms with Crippen molar-refractivity contribution in [1.82, 2.24) is 19.7 Å². The minimum atomic E-state index is -0.958. The second-order valence-electron chi connectivity index (χ2n) is 6.89. The lowest BCUT2D eigenvalue weighted by atomic mass is 10.1. The molecule has 31 heavy (non-hydrogen) atoms. The number of aromatic nitrogens is 3. The summed E-state index contributed by atoms with van der Waals surface area (Å²) in [5.74, 6) is -0.00690. The summed E-state index contributed by atoms with van der Waals surface area (Å²) in [7, 11) is 1.53. The molecule has 2 amide bonds. The van der Waals surface area contributed by atoms with E-state index in [1.165, 1.54) is 19.2 Å². The van der Waals surface area contributed by atoms with Gasteiger partial charge in [-0.15, -0.1) is 0 Å². The number of nitrogens with zero attached hydrogens (tertiary/aromatic N) is 3. The lowest BCUT2D eigenvalue weighted by Crippen LogP contribution is -2.24. The number of benzene rings is 2. The highest BCUT2D eigenvalue weighted by molar-refractivity contribution is 5.90. The van der Waals surface area contributed by atoms with Crippen LogP contribution in [0.5, 0.6) is 0 Å². The first-order chi connectivity index (χ1) is 15.0. The molecule has 0 aliphatic heterocycles. The topological polar surface area (TPSA) is 124 Å². The zero-order chi connectivity index (χ0) is 22.0. The fraction of sp³-hybridized carbons (Fsp3) is 0.190. The SMILES string of the molecule is CNC(=O)Nc1ccc(-c2cnc3c(NCC(O)CO)nc4ccc(F)cc4n23)cc1. The first-order valence-electron chi connectivity index (χ1n) is 9.59. The number of halogens is 1. The second kappa shape index (κ2) is 8.54.